The van der Waals surface area contributed by atoms with Crippen LogP contribution in [0.3, 0.4) is 0 Å². The number of anilines is 2. The van der Waals surface area contributed by atoms with Crippen LogP contribution < -0.4 is 10.2 Å². The van der Waals surface area contributed by atoms with Gasteiger partial charge in [-0.15, -0.1) is 0 Å². The molecule has 5 heteroatoms. The fourth-order valence-corrected chi connectivity index (χ4v) is 4.74. The van der Waals surface area contributed by atoms with Crippen LogP contribution in [0.2, 0.25) is 0 Å². The summed E-state index contributed by atoms with van der Waals surface area (Å²) in [4.78, 5) is 30.6. The normalized spacial score (nSPS) is 14.7. The van der Waals surface area contributed by atoms with Gasteiger partial charge >= 0.3 is 6.03 Å². The highest BCUT2D eigenvalue weighted by Gasteiger charge is 2.29. The number of hydrogen-bond acceptors (Lipinski definition) is 2. The van der Waals surface area contributed by atoms with Crippen LogP contribution in [0.5, 0.6) is 0 Å². The first-order valence-corrected chi connectivity index (χ1v) is 12.5. The minimum atomic E-state index is -0.247. The maximum Gasteiger partial charge on any atom is 0.324 e. The van der Waals surface area contributed by atoms with Gasteiger partial charge in [0.25, 0.3) is 0 Å². The molecule has 3 amide bonds. The van der Waals surface area contributed by atoms with Gasteiger partial charge in [-0.3, -0.25) is 9.69 Å². The fourth-order valence-electron chi connectivity index (χ4n) is 4.74. The van der Waals surface area contributed by atoms with E-state index in [4.69, 9.17) is 0 Å². The van der Waals surface area contributed by atoms with Crippen molar-refractivity contribution >= 4 is 23.3 Å². The number of nitrogens with zero attached hydrogens (tertiary/aromatic N) is 2. The number of carbonyl (C=O) groups is 2. The van der Waals surface area contributed by atoms with Crippen molar-refractivity contribution in [1.82, 2.24) is 4.90 Å². The van der Waals surface area contributed by atoms with Crippen LogP contribution in [0.4, 0.5) is 16.2 Å². The third-order valence-electron chi connectivity index (χ3n) is 6.88. The van der Waals surface area contributed by atoms with Crippen LogP contribution in [0, 0.1) is 20.8 Å². The summed E-state index contributed by atoms with van der Waals surface area (Å²) in [7, 11) is 0. The van der Waals surface area contributed by atoms with Crippen molar-refractivity contribution in [3.8, 4) is 0 Å². The number of rotatable bonds is 7. The molecule has 1 heterocycles. The molecule has 0 bridgehead atoms. The minimum Gasteiger partial charge on any atom is -0.324 e. The lowest BCUT2D eigenvalue weighted by Crippen LogP contribution is -2.49. The molecule has 0 aliphatic carbocycles. The topological polar surface area (TPSA) is 52.7 Å². The Kier molecular flexibility index (Phi) is 7.54. The van der Waals surface area contributed by atoms with Crippen molar-refractivity contribution in [2.45, 2.75) is 53.0 Å². The highest BCUT2D eigenvalue weighted by atomic mass is 16.2. The molecule has 1 aliphatic heterocycles. The molecule has 35 heavy (non-hydrogen) atoms. The van der Waals surface area contributed by atoms with E-state index in [9.17, 15) is 9.59 Å². The predicted molar refractivity (Wildman–Crippen MR) is 143 cm³/mol. The molecular weight excluding hydrogens is 434 g/mol. The first-order chi connectivity index (χ1) is 16.9. The molecule has 0 radical (unpaired) electrons. The number of aryl methyl sites for hydroxylation is 3. The third-order valence-corrected chi connectivity index (χ3v) is 6.88. The number of carbonyl (C=O) groups excluding carboxylic acids is 2. The van der Waals surface area contributed by atoms with Crippen molar-refractivity contribution in [2.24, 2.45) is 0 Å². The molecule has 1 saturated heterocycles. The van der Waals surface area contributed by atoms with Gasteiger partial charge in [0, 0.05) is 19.6 Å². The lowest BCUT2D eigenvalue weighted by molar-refractivity contribution is -0.117. The first-order valence-electron chi connectivity index (χ1n) is 12.5. The van der Waals surface area contributed by atoms with E-state index in [2.05, 4.69) is 37.4 Å². The van der Waals surface area contributed by atoms with Crippen LogP contribution in [0.15, 0.2) is 66.7 Å². The molecule has 1 N–H and O–H groups in total. The first kappa shape index (κ1) is 24.5. The zero-order valence-electron chi connectivity index (χ0n) is 21.2. The summed E-state index contributed by atoms with van der Waals surface area (Å²) < 4.78 is 0. The average Bonchev–Trinajstić information content (AvgIpc) is 2.84. The van der Waals surface area contributed by atoms with Gasteiger partial charge in [-0.05, 0) is 73.6 Å². The van der Waals surface area contributed by atoms with Crippen LogP contribution >= 0.6 is 0 Å². The second-order valence-corrected chi connectivity index (χ2v) is 9.51. The maximum absolute atomic E-state index is 13.6. The van der Waals surface area contributed by atoms with E-state index in [1.807, 2.05) is 72.2 Å². The molecule has 0 spiro atoms. The van der Waals surface area contributed by atoms with Crippen LogP contribution in [-0.4, -0.2) is 29.9 Å². The molecule has 0 aromatic heterocycles. The molecule has 3 aromatic rings. The highest BCUT2D eigenvalue weighted by Crippen LogP contribution is 2.32. The molecule has 0 saturated carbocycles. The lowest BCUT2D eigenvalue weighted by Gasteiger charge is -2.36. The molecule has 182 valence electrons. The summed E-state index contributed by atoms with van der Waals surface area (Å²) in [6.45, 7) is 10.2. The Morgan fingerprint density at radius 3 is 2.43 bits per heavy atom. The molecule has 1 atom stereocenters. The van der Waals surface area contributed by atoms with Crippen molar-refractivity contribution in [2.75, 3.05) is 23.3 Å². The summed E-state index contributed by atoms with van der Waals surface area (Å²) in [6, 6.07) is 22.1. The smallest absolute Gasteiger partial charge is 0.324 e. The van der Waals surface area contributed by atoms with Crippen molar-refractivity contribution in [1.29, 1.82) is 0 Å². The van der Waals surface area contributed by atoms with Crippen LogP contribution in [0.1, 0.15) is 53.5 Å². The Hall–Kier alpha value is -3.60. The zero-order valence-corrected chi connectivity index (χ0v) is 21.2. The van der Waals surface area contributed by atoms with E-state index >= 15 is 0 Å². The van der Waals surface area contributed by atoms with Crippen molar-refractivity contribution in [3.63, 3.8) is 0 Å². The second-order valence-electron chi connectivity index (χ2n) is 9.51. The summed E-state index contributed by atoms with van der Waals surface area (Å²) in [5, 5.41) is 3.15. The Morgan fingerprint density at radius 1 is 0.943 bits per heavy atom. The molecule has 0 unspecified atom stereocenters. The Morgan fingerprint density at radius 2 is 1.71 bits per heavy atom. The van der Waals surface area contributed by atoms with E-state index in [-0.39, 0.29) is 17.9 Å². The van der Waals surface area contributed by atoms with Gasteiger partial charge in [0.2, 0.25) is 5.91 Å². The number of nitrogens with one attached hydrogen (secondary N) is 1. The van der Waals surface area contributed by atoms with Crippen LogP contribution in [-0.2, 0) is 11.3 Å². The lowest BCUT2D eigenvalue weighted by atomic mass is 9.95. The Balaban J connectivity index is 1.57. The van der Waals surface area contributed by atoms with Crippen molar-refractivity contribution in [3.05, 3.63) is 94.5 Å². The summed E-state index contributed by atoms with van der Waals surface area (Å²) in [5.41, 5.74) is 7.09. The number of urea groups is 1. The van der Waals surface area contributed by atoms with Gasteiger partial charge in [0.05, 0.1) is 17.3 Å². The van der Waals surface area contributed by atoms with E-state index in [0.29, 0.717) is 25.2 Å². The van der Waals surface area contributed by atoms with E-state index < -0.39 is 0 Å². The van der Waals surface area contributed by atoms with Gasteiger partial charge in [-0.2, -0.15) is 0 Å². The zero-order chi connectivity index (χ0) is 24.9. The minimum absolute atomic E-state index is 0.0241. The number of benzene rings is 3. The second kappa shape index (κ2) is 10.8. The predicted octanol–water partition coefficient (Wildman–Crippen LogP) is 6.58. The Labute approximate surface area is 208 Å². The average molecular weight is 470 g/mol. The van der Waals surface area contributed by atoms with Gasteiger partial charge < -0.3 is 10.2 Å². The van der Waals surface area contributed by atoms with E-state index in [0.717, 1.165) is 35.3 Å². The maximum atomic E-state index is 13.6. The SMILES string of the molecule is CC[C@@H](C(=O)Nc1cc(C)ccc1N1CCCN(Cc2ccc(C)c(C)c2)C1=O)c1ccccc1. The number of amides is 3. The molecular formula is C30H35N3O2. The quantitative estimate of drug-likeness (QED) is 0.425. The monoisotopic (exact) mass is 469 g/mol. The number of hydrogen-bond donors (Lipinski definition) is 1. The van der Waals surface area contributed by atoms with Gasteiger partial charge in [0.15, 0.2) is 0 Å². The Bertz CT molecular complexity index is 1210. The summed E-state index contributed by atoms with van der Waals surface area (Å²) >= 11 is 0. The summed E-state index contributed by atoms with van der Waals surface area (Å²) in [5.74, 6) is -0.301. The molecule has 4 rings (SSSR count). The van der Waals surface area contributed by atoms with Gasteiger partial charge in [0.1, 0.15) is 0 Å². The molecule has 1 fully saturated rings. The van der Waals surface area contributed by atoms with Crippen LogP contribution in [0.25, 0.3) is 0 Å². The third kappa shape index (κ3) is 5.56. The largest absolute Gasteiger partial charge is 0.324 e. The van der Waals surface area contributed by atoms with E-state index in [1.54, 1.807) is 0 Å². The standard InChI is InChI=1S/C30H35N3O2/c1-5-26(25-10-7-6-8-11-25)29(34)31-27-18-21(2)12-15-28(27)33-17-9-16-32(30(33)35)20-24-14-13-22(3)23(4)19-24/h6-8,10-15,18-19,26H,5,9,16-17,20H2,1-4H3,(H,31,34)/t26-/m1/s1. The van der Waals surface area contributed by atoms with E-state index in [1.165, 1.54) is 11.1 Å². The highest BCUT2D eigenvalue weighted by molar-refractivity contribution is 6.02. The summed E-state index contributed by atoms with van der Waals surface area (Å²) in [6.07, 6.45) is 1.57. The van der Waals surface area contributed by atoms with Gasteiger partial charge in [-0.1, -0.05) is 61.5 Å². The van der Waals surface area contributed by atoms with Crippen molar-refractivity contribution < 1.29 is 9.59 Å². The molecule has 3 aromatic carbocycles. The fraction of sp³-hybridized carbons (Fsp3) is 0.333. The molecule has 1 aliphatic rings. The molecule has 5 nitrogen and oxygen atoms in total. The van der Waals surface area contributed by atoms with Gasteiger partial charge in [-0.25, -0.2) is 4.79 Å².